The number of ether oxygens (including phenoxy) is 1. The number of aliphatic hydroxyl groups is 2. The Labute approximate surface area is 206 Å². The molecule has 6 atom stereocenters. The van der Waals surface area contributed by atoms with Crippen LogP contribution in [0, 0.1) is 5.82 Å². The van der Waals surface area contributed by atoms with Crippen LogP contribution in [-0.4, -0.2) is 60.8 Å². The van der Waals surface area contributed by atoms with Crippen molar-refractivity contribution in [2.45, 2.75) is 43.5 Å². The molecule has 2 aliphatic heterocycles. The number of anilines is 1. The SMILES string of the molecule is C[C@@]1(O)[C@H](O)[C@@H](COP2(=O)OCCC(c3cc(F)ccc3Br)O2)O[C@H]1n1cnc2c(N)ncnc21. The van der Waals surface area contributed by atoms with Crippen molar-refractivity contribution >= 4 is 40.7 Å². The molecule has 0 saturated carbocycles. The number of nitrogens with two attached hydrogens (primary N) is 1. The van der Waals surface area contributed by atoms with Gasteiger partial charge in [-0.3, -0.25) is 18.1 Å². The van der Waals surface area contributed by atoms with Crippen molar-refractivity contribution in [2.24, 2.45) is 0 Å². The fraction of sp³-hybridized carbons (Fsp3) is 0.450. The Morgan fingerprint density at radius 2 is 2.20 bits per heavy atom. The third-order valence-corrected chi connectivity index (χ3v) is 8.18. The standard InChI is InChI=1S/C20H22BrFN5O7P/c1-20(29)16(28)14(33-19(20)27-9-26-15-17(23)24-8-25-18(15)27)7-32-35(30)31-5-4-13(34-35)11-6-10(22)2-3-12(11)21/h2-3,6,8-9,13-14,16,19,28-29H,4-5,7H2,1H3,(H2,23,24,25)/t13?,14-,16-,19-,20-,35?/m1/s1. The molecular weight excluding hydrogens is 552 g/mol. The lowest BCUT2D eigenvalue weighted by atomic mass is 9.96. The second-order valence-corrected chi connectivity index (χ2v) is 10.9. The molecule has 2 unspecified atom stereocenters. The Bertz CT molecular complexity index is 1310. The molecule has 12 nitrogen and oxygen atoms in total. The van der Waals surface area contributed by atoms with Crippen molar-refractivity contribution in [3.63, 3.8) is 0 Å². The Hall–Kier alpha value is -2.03. The van der Waals surface area contributed by atoms with Crippen LogP contribution in [0.4, 0.5) is 10.2 Å². The predicted molar refractivity (Wildman–Crippen MR) is 122 cm³/mol. The normalized spacial score (nSPS) is 33.4. The van der Waals surface area contributed by atoms with Gasteiger partial charge in [0, 0.05) is 10.9 Å². The summed E-state index contributed by atoms with van der Waals surface area (Å²) in [6.07, 6.45) is -1.47. The van der Waals surface area contributed by atoms with Gasteiger partial charge in [0.25, 0.3) is 0 Å². The maximum absolute atomic E-state index is 13.7. The average Bonchev–Trinajstić information content (AvgIpc) is 3.34. The monoisotopic (exact) mass is 573 g/mol. The van der Waals surface area contributed by atoms with Crippen LogP contribution in [0.5, 0.6) is 0 Å². The summed E-state index contributed by atoms with van der Waals surface area (Å²) >= 11 is 3.34. The molecule has 188 valence electrons. The van der Waals surface area contributed by atoms with Crippen molar-refractivity contribution in [3.8, 4) is 0 Å². The summed E-state index contributed by atoms with van der Waals surface area (Å²) in [5, 5.41) is 21.8. The van der Waals surface area contributed by atoms with Crippen molar-refractivity contribution in [1.29, 1.82) is 0 Å². The maximum atomic E-state index is 13.7. The highest BCUT2D eigenvalue weighted by atomic mass is 79.9. The van der Waals surface area contributed by atoms with Gasteiger partial charge in [-0.2, -0.15) is 0 Å². The van der Waals surface area contributed by atoms with E-state index in [9.17, 15) is 19.2 Å². The van der Waals surface area contributed by atoms with Gasteiger partial charge in [-0.25, -0.2) is 23.9 Å². The topological polar surface area (TPSA) is 164 Å². The van der Waals surface area contributed by atoms with E-state index in [1.807, 2.05) is 0 Å². The number of aromatic nitrogens is 4. The zero-order chi connectivity index (χ0) is 25.0. The number of hydrogen-bond acceptors (Lipinski definition) is 11. The molecule has 0 amide bonds. The molecule has 0 radical (unpaired) electrons. The van der Waals surface area contributed by atoms with Gasteiger partial charge in [0.2, 0.25) is 0 Å². The molecule has 2 fully saturated rings. The number of phosphoric ester groups is 1. The lowest BCUT2D eigenvalue weighted by molar-refractivity contribution is -0.0953. The fourth-order valence-corrected chi connectivity index (χ4v) is 6.02. The number of benzene rings is 1. The van der Waals surface area contributed by atoms with E-state index < -0.39 is 50.4 Å². The first-order valence-electron chi connectivity index (χ1n) is 10.6. The summed E-state index contributed by atoms with van der Waals surface area (Å²) in [6, 6.07) is 4.09. The molecule has 15 heteroatoms. The minimum Gasteiger partial charge on any atom is -0.387 e. The molecule has 35 heavy (non-hydrogen) atoms. The predicted octanol–water partition coefficient (Wildman–Crippen LogP) is 2.62. The van der Waals surface area contributed by atoms with E-state index >= 15 is 0 Å². The number of hydrogen-bond donors (Lipinski definition) is 3. The zero-order valence-corrected chi connectivity index (χ0v) is 20.8. The summed E-state index contributed by atoms with van der Waals surface area (Å²) in [6.45, 7) is 0.999. The second kappa shape index (κ2) is 9.12. The molecule has 4 N–H and O–H groups in total. The van der Waals surface area contributed by atoms with Crippen LogP contribution < -0.4 is 5.73 Å². The largest absolute Gasteiger partial charge is 0.475 e. The number of nitrogens with zero attached hydrogens (tertiary/aromatic N) is 4. The maximum Gasteiger partial charge on any atom is 0.475 e. The van der Waals surface area contributed by atoms with E-state index in [2.05, 4.69) is 30.9 Å². The third-order valence-electron chi connectivity index (χ3n) is 5.98. The average molecular weight is 574 g/mol. The molecule has 5 rings (SSSR count). The van der Waals surface area contributed by atoms with E-state index in [1.165, 1.54) is 42.3 Å². The molecule has 4 heterocycles. The summed E-state index contributed by atoms with van der Waals surface area (Å²) in [5.41, 5.74) is 5.10. The molecule has 2 aliphatic rings. The van der Waals surface area contributed by atoms with Crippen molar-refractivity contribution in [1.82, 2.24) is 19.5 Å². The van der Waals surface area contributed by atoms with Gasteiger partial charge in [-0.15, -0.1) is 0 Å². The van der Waals surface area contributed by atoms with E-state index in [4.69, 9.17) is 24.0 Å². The van der Waals surface area contributed by atoms with Gasteiger partial charge < -0.3 is 20.7 Å². The molecule has 0 spiro atoms. The number of aliphatic hydroxyl groups excluding tert-OH is 1. The van der Waals surface area contributed by atoms with Crippen LogP contribution in [0.25, 0.3) is 11.2 Å². The van der Waals surface area contributed by atoms with Gasteiger partial charge in [-0.05, 0) is 30.7 Å². The number of fused-ring (bicyclic) bond motifs is 1. The van der Waals surface area contributed by atoms with Crippen LogP contribution >= 0.6 is 23.8 Å². The number of phosphoric acid groups is 1. The molecule has 2 aromatic heterocycles. The highest BCUT2D eigenvalue weighted by Crippen LogP contribution is 2.58. The van der Waals surface area contributed by atoms with E-state index in [-0.39, 0.29) is 12.4 Å². The van der Waals surface area contributed by atoms with Crippen LogP contribution in [0.15, 0.2) is 35.3 Å². The number of nitrogen functional groups attached to an aromatic ring is 1. The summed E-state index contributed by atoms with van der Waals surface area (Å²) < 4.78 is 51.0. The van der Waals surface area contributed by atoms with Crippen molar-refractivity contribution in [2.75, 3.05) is 18.9 Å². The molecule has 1 aromatic carbocycles. The van der Waals surface area contributed by atoms with Gasteiger partial charge in [0.1, 0.15) is 35.5 Å². The lowest BCUT2D eigenvalue weighted by Crippen LogP contribution is -2.44. The summed E-state index contributed by atoms with van der Waals surface area (Å²) in [5.74, 6) is -0.320. The third kappa shape index (κ3) is 4.49. The van der Waals surface area contributed by atoms with Crippen molar-refractivity contribution < 1.29 is 37.5 Å². The smallest absolute Gasteiger partial charge is 0.387 e. The highest BCUT2D eigenvalue weighted by Gasteiger charge is 2.54. The highest BCUT2D eigenvalue weighted by molar-refractivity contribution is 9.10. The quantitative estimate of drug-likeness (QED) is 0.384. The number of halogens is 2. The Morgan fingerprint density at radius 3 is 3.00 bits per heavy atom. The van der Waals surface area contributed by atoms with E-state index in [0.717, 1.165) is 0 Å². The molecular formula is C20H22BrFN5O7P. The summed E-state index contributed by atoms with van der Waals surface area (Å²) in [4.78, 5) is 12.2. The first kappa shape index (κ1) is 24.7. The van der Waals surface area contributed by atoms with Crippen LogP contribution in [0.3, 0.4) is 0 Å². The minimum absolute atomic E-state index is 0.0431. The van der Waals surface area contributed by atoms with Crippen LogP contribution in [0.1, 0.15) is 31.2 Å². The van der Waals surface area contributed by atoms with Gasteiger partial charge in [-0.1, -0.05) is 15.9 Å². The first-order chi connectivity index (χ1) is 16.6. The van der Waals surface area contributed by atoms with Crippen LogP contribution in [-0.2, 0) is 22.9 Å². The number of rotatable bonds is 5. The molecule has 2 saturated heterocycles. The van der Waals surface area contributed by atoms with Crippen LogP contribution in [0.2, 0.25) is 0 Å². The minimum atomic E-state index is -4.09. The first-order valence-corrected chi connectivity index (χ1v) is 12.9. The Balaban J connectivity index is 1.32. The van der Waals surface area contributed by atoms with Gasteiger partial charge in [0.05, 0.1) is 25.6 Å². The Morgan fingerprint density at radius 1 is 1.40 bits per heavy atom. The van der Waals surface area contributed by atoms with Crippen molar-refractivity contribution in [3.05, 3.63) is 46.7 Å². The molecule has 0 bridgehead atoms. The number of imidazole rings is 1. The van der Waals surface area contributed by atoms with E-state index in [0.29, 0.717) is 27.6 Å². The Kier molecular flexibility index (Phi) is 6.43. The zero-order valence-electron chi connectivity index (χ0n) is 18.3. The molecule has 0 aliphatic carbocycles. The van der Waals surface area contributed by atoms with Gasteiger partial charge in [0.15, 0.2) is 17.7 Å². The fourth-order valence-electron chi connectivity index (χ4n) is 4.14. The molecule has 3 aromatic rings. The summed E-state index contributed by atoms with van der Waals surface area (Å²) in [7, 11) is -4.09. The second-order valence-electron chi connectivity index (χ2n) is 8.41. The van der Waals surface area contributed by atoms with Gasteiger partial charge >= 0.3 is 7.82 Å². The lowest BCUT2D eigenvalue weighted by Gasteiger charge is -2.30. The van der Waals surface area contributed by atoms with E-state index in [1.54, 1.807) is 0 Å².